The van der Waals surface area contributed by atoms with Crippen molar-refractivity contribution in [2.45, 2.75) is 26.8 Å². The molecule has 2 heterocycles. The number of aryl methyl sites for hydroxylation is 2. The number of hydrogen-bond donors (Lipinski definition) is 2. The molecule has 1 unspecified atom stereocenters. The Hall–Kier alpha value is -1.62. The van der Waals surface area contributed by atoms with Crippen LogP contribution in [0.4, 0.5) is 11.5 Å². The molecule has 4 nitrogen and oxygen atoms in total. The molecule has 2 rings (SSSR count). The van der Waals surface area contributed by atoms with Crippen molar-refractivity contribution in [3.05, 3.63) is 33.9 Å². The number of pyridine rings is 1. The van der Waals surface area contributed by atoms with Crippen LogP contribution in [-0.4, -0.2) is 9.97 Å². The van der Waals surface area contributed by atoms with Crippen molar-refractivity contribution in [2.24, 2.45) is 0 Å². The van der Waals surface area contributed by atoms with Gasteiger partial charge in [0.1, 0.15) is 10.8 Å². The molecular formula is C12H16N4S. The number of aromatic nitrogens is 2. The van der Waals surface area contributed by atoms with E-state index in [-0.39, 0.29) is 6.04 Å². The molecule has 0 aliphatic rings. The molecule has 5 heteroatoms. The molecule has 17 heavy (non-hydrogen) atoms. The van der Waals surface area contributed by atoms with Crippen molar-refractivity contribution in [3.63, 3.8) is 0 Å². The topological polar surface area (TPSA) is 63.8 Å². The van der Waals surface area contributed by atoms with Crippen LogP contribution in [0.1, 0.15) is 29.2 Å². The molecule has 0 fully saturated rings. The smallest absolute Gasteiger partial charge is 0.126 e. The van der Waals surface area contributed by atoms with Gasteiger partial charge in [-0.05, 0) is 32.4 Å². The van der Waals surface area contributed by atoms with Crippen LogP contribution in [0.15, 0.2) is 17.6 Å². The van der Waals surface area contributed by atoms with E-state index in [4.69, 9.17) is 5.73 Å². The van der Waals surface area contributed by atoms with E-state index in [9.17, 15) is 0 Å². The average Bonchev–Trinajstić information content (AvgIpc) is 2.70. The van der Waals surface area contributed by atoms with Crippen molar-refractivity contribution < 1.29 is 0 Å². The highest BCUT2D eigenvalue weighted by Gasteiger charge is 2.10. The lowest BCUT2D eigenvalue weighted by Crippen LogP contribution is -2.08. The number of anilines is 2. The van der Waals surface area contributed by atoms with Crippen LogP contribution in [0.5, 0.6) is 0 Å². The summed E-state index contributed by atoms with van der Waals surface area (Å²) in [5, 5.41) is 6.44. The molecule has 0 aliphatic heterocycles. The zero-order chi connectivity index (χ0) is 12.4. The van der Waals surface area contributed by atoms with Crippen LogP contribution in [-0.2, 0) is 0 Å². The van der Waals surface area contributed by atoms with E-state index in [0.29, 0.717) is 5.69 Å². The Morgan fingerprint density at radius 2 is 2.18 bits per heavy atom. The SMILES string of the molecule is Cc1csc(C(C)Nc2cc(C)c(N)cn2)n1. The van der Waals surface area contributed by atoms with Gasteiger partial charge in [-0.15, -0.1) is 11.3 Å². The molecule has 90 valence electrons. The molecule has 0 amide bonds. The van der Waals surface area contributed by atoms with Crippen molar-refractivity contribution in [3.8, 4) is 0 Å². The predicted molar refractivity (Wildman–Crippen MR) is 72.3 cm³/mol. The van der Waals surface area contributed by atoms with Crippen molar-refractivity contribution in [2.75, 3.05) is 11.1 Å². The Balaban J connectivity index is 2.12. The third kappa shape index (κ3) is 2.74. The Labute approximate surface area is 105 Å². The Kier molecular flexibility index (Phi) is 3.28. The van der Waals surface area contributed by atoms with Gasteiger partial charge >= 0.3 is 0 Å². The molecule has 0 saturated heterocycles. The molecule has 2 aromatic rings. The van der Waals surface area contributed by atoms with Gasteiger partial charge in [0, 0.05) is 11.1 Å². The summed E-state index contributed by atoms with van der Waals surface area (Å²) in [5.41, 5.74) is 8.54. The second-order valence-corrected chi connectivity index (χ2v) is 5.01. The third-order valence-electron chi connectivity index (χ3n) is 2.52. The number of nitrogens with one attached hydrogen (secondary N) is 1. The van der Waals surface area contributed by atoms with E-state index >= 15 is 0 Å². The van der Waals surface area contributed by atoms with Crippen molar-refractivity contribution >= 4 is 22.8 Å². The molecular weight excluding hydrogens is 232 g/mol. The van der Waals surface area contributed by atoms with Gasteiger partial charge in [0.2, 0.25) is 0 Å². The first-order chi connectivity index (χ1) is 8.06. The summed E-state index contributed by atoms with van der Waals surface area (Å²) in [4.78, 5) is 8.70. The molecule has 0 aromatic carbocycles. The highest BCUT2D eigenvalue weighted by Crippen LogP contribution is 2.22. The fourth-order valence-electron chi connectivity index (χ4n) is 1.50. The first-order valence-electron chi connectivity index (χ1n) is 5.47. The third-order valence-corrected chi connectivity index (χ3v) is 3.67. The number of nitrogens with two attached hydrogens (primary N) is 1. The lowest BCUT2D eigenvalue weighted by molar-refractivity contribution is 0.855. The van der Waals surface area contributed by atoms with Crippen LogP contribution in [0.2, 0.25) is 0 Å². The first-order valence-corrected chi connectivity index (χ1v) is 6.35. The van der Waals surface area contributed by atoms with Gasteiger partial charge in [0.05, 0.1) is 17.9 Å². The molecule has 1 atom stereocenters. The maximum atomic E-state index is 5.73. The quantitative estimate of drug-likeness (QED) is 0.876. The molecule has 0 aliphatic carbocycles. The number of thiazole rings is 1. The maximum absolute atomic E-state index is 5.73. The van der Waals surface area contributed by atoms with Crippen LogP contribution in [0.25, 0.3) is 0 Å². The molecule has 0 bridgehead atoms. The van der Waals surface area contributed by atoms with E-state index in [0.717, 1.165) is 22.1 Å². The molecule has 0 radical (unpaired) electrons. The fourth-order valence-corrected chi connectivity index (χ4v) is 2.30. The largest absolute Gasteiger partial charge is 0.397 e. The van der Waals surface area contributed by atoms with Gasteiger partial charge in [-0.1, -0.05) is 0 Å². The van der Waals surface area contributed by atoms with Crippen molar-refractivity contribution in [1.82, 2.24) is 9.97 Å². The predicted octanol–water partition coefficient (Wildman–Crippen LogP) is 2.91. The highest BCUT2D eigenvalue weighted by molar-refractivity contribution is 7.09. The summed E-state index contributed by atoms with van der Waals surface area (Å²) >= 11 is 1.66. The average molecular weight is 248 g/mol. The standard InChI is InChI=1S/C12H16N4S/c1-7-4-11(14-5-10(7)13)16-9(3)12-15-8(2)6-17-12/h4-6,9H,13H2,1-3H3,(H,14,16). The molecule has 3 N–H and O–H groups in total. The lowest BCUT2D eigenvalue weighted by atomic mass is 10.2. The minimum atomic E-state index is 0.157. The van der Waals surface area contributed by atoms with E-state index in [1.807, 2.05) is 19.9 Å². The van der Waals surface area contributed by atoms with Gasteiger partial charge in [-0.3, -0.25) is 0 Å². The number of nitrogens with zero attached hydrogens (tertiary/aromatic N) is 2. The van der Waals surface area contributed by atoms with Crippen LogP contribution in [0, 0.1) is 13.8 Å². The summed E-state index contributed by atoms with van der Waals surface area (Å²) in [6.45, 7) is 6.05. The Morgan fingerprint density at radius 1 is 1.41 bits per heavy atom. The number of hydrogen-bond acceptors (Lipinski definition) is 5. The monoisotopic (exact) mass is 248 g/mol. The summed E-state index contributed by atoms with van der Waals surface area (Å²) in [6, 6.07) is 2.11. The van der Waals surface area contributed by atoms with Crippen LogP contribution < -0.4 is 11.1 Å². The minimum Gasteiger partial charge on any atom is -0.397 e. The number of rotatable bonds is 3. The van der Waals surface area contributed by atoms with Gasteiger partial charge < -0.3 is 11.1 Å². The van der Waals surface area contributed by atoms with E-state index in [1.54, 1.807) is 17.5 Å². The van der Waals surface area contributed by atoms with Crippen molar-refractivity contribution in [1.29, 1.82) is 0 Å². The maximum Gasteiger partial charge on any atom is 0.126 e. The fraction of sp³-hybridized carbons (Fsp3) is 0.333. The van der Waals surface area contributed by atoms with Gasteiger partial charge in [-0.2, -0.15) is 0 Å². The molecule has 2 aromatic heterocycles. The normalized spacial score (nSPS) is 12.4. The lowest BCUT2D eigenvalue weighted by Gasteiger charge is -2.12. The van der Waals surface area contributed by atoms with Crippen LogP contribution >= 0.6 is 11.3 Å². The summed E-state index contributed by atoms with van der Waals surface area (Å²) in [5.74, 6) is 0.831. The summed E-state index contributed by atoms with van der Waals surface area (Å²) in [7, 11) is 0. The van der Waals surface area contributed by atoms with Gasteiger partial charge in [-0.25, -0.2) is 9.97 Å². The summed E-state index contributed by atoms with van der Waals surface area (Å²) < 4.78 is 0. The van der Waals surface area contributed by atoms with Gasteiger partial charge in [0.15, 0.2) is 0 Å². The minimum absolute atomic E-state index is 0.157. The number of nitrogen functional groups attached to an aromatic ring is 1. The zero-order valence-electron chi connectivity index (χ0n) is 10.2. The van der Waals surface area contributed by atoms with Crippen LogP contribution in [0.3, 0.4) is 0 Å². The first kappa shape index (κ1) is 11.9. The second kappa shape index (κ2) is 4.71. The Bertz CT molecular complexity index is 521. The molecule has 0 spiro atoms. The van der Waals surface area contributed by atoms with Gasteiger partial charge in [0.25, 0.3) is 0 Å². The highest BCUT2D eigenvalue weighted by atomic mass is 32.1. The summed E-state index contributed by atoms with van der Waals surface area (Å²) in [6.07, 6.45) is 1.68. The second-order valence-electron chi connectivity index (χ2n) is 4.12. The van der Waals surface area contributed by atoms with E-state index < -0.39 is 0 Å². The van der Waals surface area contributed by atoms with E-state index in [1.165, 1.54) is 0 Å². The van der Waals surface area contributed by atoms with E-state index in [2.05, 4.69) is 27.6 Å². The Morgan fingerprint density at radius 3 is 2.76 bits per heavy atom. The zero-order valence-corrected chi connectivity index (χ0v) is 11.0. The molecule has 0 saturated carbocycles.